The van der Waals surface area contributed by atoms with Gasteiger partial charge in [0.05, 0.1) is 19.2 Å². The van der Waals surface area contributed by atoms with Crippen molar-refractivity contribution in [2.24, 2.45) is 0 Å². The van der Waals surface area contributed by atoms with Crippen molar-refractivity contribution in [2.75, 3.05) is 24.4 Å². The van der Waals surface area contributed by atoms with Crippen molar-refractivity contribution in [2.45, 2.75) is 19.8 Å². The summed E-state index contributed by atoms with van der Waals surface area (Å²) in [5.41, 5.74) is 2.18. The molecular formula is C20H22N2O5. The van der Waals surface area contributed by atoms with Gasteiger partial charge in [0.25, 0.3) is 5.91 Å². The number of ether oxygens (including phenoxy) is 2. The van der Waals surface area contributed by atoms with Crippen LogP contribution in [-0.2, 0) is 19.1 Å². The third kappa shape index (κ3) is 6.81. The minimum Gasteiger partial charge on any atom is -0.495 e. The smallest absolute Gasteiger partial charge is 0.306 e. The summed E-state index contributed by atoms with van der Waals surface area (Å²) in [6.07, 6.45) is -0.138. The molecule has 0 aliphatic heterocycles. The lowest BCUT2D eigenvalue weighted by Crippen LogP contribution is -2.22. The highest BCUT2D eigenvalue weighted by Gasteiger charge is 2.12. The monoisotopic (exact) mass is 370 g/mol. The number of carbonyl (C=O) groups is 3. The largest absolute Gasteiger partial charge is 0.495 e. The molecule has 27 heavy (non-hydrogen) atoms. The van der Waals surface area contributed by atoms with E-state index in [1.807, 2.05) is 25.1 Å². The minimum absolute atomic E-state index is 0.0269. The highest BCUT2D eigenvalue weighted by atomic mass is 16.5. The maximum atomic E-state index is 11.9. The molecule has 0 radical (unpaired) electrons. The molecule has 0 aromatic heterocycles. The predicted molar refractivity (Wildman–Crippen MR) is 102 cm³/mol. The molecule has 0 saturated carbocycles. The molecule has 2 amide bonds. The maximum absolute atomic E-state index is 11.9. The van der Waals surface area contributed by atoms with E-state index in [4.69, 9.17) is 9.47 Å². The summed E-state index contributed by atoms with van der Waals surface area (Å²) in [4.78, 5) is 35.5. The fraction of sp³-hybridized carbons (Fsp3) is 0.250. The number of benzene rings is 2. The molecule has 0 spiro atoms. The summed E-state index contributed by atoms with van der Waals surface area (Å²) in [6, 6.07) is 14.3. The number of hydrogen-bond donors (Lipinski definition) is 2. The third-order valence-electron chi connectivity index (χ3n) is 3.60. The van der Waals surface area contributed by atoms with Crippen LogP contribution in [0.2, 0.25) is 0 Å². The van der Waals surface area contributed by atoms with Gasteiger partial charge in [-0.2, -0.15) is 0 Å². The van der Waals surface area contributed by atoms with Crippen molar-refractivity contribution in [3.8, 4) is 5.75 Å². The normalized spacial score (nSPS) is 10.0. The summed E-state index contributed by atoms with van der Waals surface area (Å²) >= 11 is 0. The van der Waals surface area contributed by atoms with E-state index < -0.39 is 18.5 Å². The molecule has 142 valence electrons. The molecule has 0 saturated heterocycles. The van der Waals surface area contributed by atoms with Gasteiger partial charge in [-0.1, -0.05) is 24.3 Å². The quantitative estimate of drug-likeness (QED) is 0.697. The van der Waals surface area contributed by atoms with Crippen molar-refractivity contribution in [3.05, 3.63) is 54.1 Å². The van der Waals surface area contributed by atoms with Crippen molar-refractivity contribution in [3.63, 3.8) is 0 Å². The lowest BCUT2D eigenvalue weighted by Gasteiger charge is -2.10. The van der Waals surface area contributed by atoms with Crippen molar-refractivity contribution >= 4 is 29.2 Å². The second kappa shape index (κ2) is 9.96. The molecule has 0 heterocycles. The zero-order chi connectivity index (χ0) is 19.6. The molecule has 2 aromatic carbocycles. The topological polar surface area (TPSA) is 93.7 Å². The van der Waals surface area contributed by atoms with E-state index in [2.05, 4.69) is 10.6 Å². The Morgan fingerprint density at radius 3 is 2.44 bits per heavy atom. The second-order valence-electron chi connectivity index (χ2n) is 5.83. The number of amides is 2. The van der Waals surface area contributed by atoms with E-state index in [9.17, 15) is 14.4 Å². The molecule has 0 atom stereocenters. The summed E-state index contributed by atoms with van der Waals surface area (Å²) in [5, 5.41) is 5.31. The van der Waals surface area contributed by atoms with Crippen LogP contribution in [0.15, 0.2) is 48.5 Å². The molecule has 2 aromatic rings. The maximum Gasteiger partial charge on any atom is 0.306 e. The zero-order valence-electron chi connectivity index (χ0n) is 15.3. The Bertz CT molecular complexity index is 820. The molecule has 0 aliphatic rings. The van der Waals surface area contributed by atoms with Gasteiger partial charge in [0, 0.05) is 12.1 Å². The molecular weight excluding hydrogens is 348 g/mol. The van der Waals surface area contributed by atoms with Gasteiger partial charge in [0.2, 0.25) is 5.91 Å². The SMILES string of the molecule is COc1ccccc1NC(=O)COC(=O)CCC(=O)Nc1cccc(C)c1. The van der Waals surface area contributed by atoms with E-state index in [0.29, 0.717) is 17.1 Å². The Balaban J connectivity index is 1.71. The van der Waals surface area contributed by atoms with Gasteiger partial charge in [-0.3, -0.25) is 14.4 Å². The first-order chi connectivity index (χ1) is 13.0. The standard InChI is InChI=1S/C20H22N2O5/c1-14-6-5-7-15(12-14)21-18(23)10-11-20(25)27-13-19(24)22-16-8-3-4-9-17(16)26-2/h3-9,12H,10-11,13H2,1-2H3,(H,21,23)(H,22,24). The highest BCUT2D eigenvalue weighted by Crippen LogP contribution is 2.22. The van der Waals surface area contributed by atoms with Crippen LogP contribution in [0.4, 0.5) is 11.4 Å². The first-order valence-corrected chi connectivity index (χ1v) is 8.43. The van der Waals surface area contributed by atoms with Crippen LogP contribution in [0.25, 0.3) is 0 Å². The van der Waals surface area contributed by atoms with Crippen molar-refractivity contribution in [1.29, 1.82) is 0 Å². The molecule has 2 N–H and O–H groups in total. The molecule has 0 unspecified atom stereocenters. The zero-order valence-corrected chi connectivity index (χ0v) is 15.3. The van der Waals surface area contributed by atoms with Crippen molar-refractivity contribution in [1.82, 2.24) is 0 Å². The van der Waals surface area contributed by atoms with Crippen LogP contribution in [0.3, 0.4) is 0 Å². The molecule has 7 nitrogen and oxygen atoms in total. The van der Waals surface area contributed by atoms with Crippen LogP contribution >= 0.6 is 0 Å². The van der Waals surface area contributed by atoms with E-state index in [0.717, 1.165) is 5.56 Å². The second-order valence-corrected chi connectivity index (χ2v) is 5.83. The fourth-order valence-electron chi connectivity index (χ4n) is 2.31. The van der Waals surface area contributed by atoms with Gasteiger partial charge in [0.1, 0.15) is 5.75 Å². The van der Waals surface area contributed by atoms with Crippen LogP contribution < -0.4 is 15.4 Å². The minimum atomic E-state index is -0.621. The number of rotatable bonds is 8. The summed E-state index contributed by atoms with van der Waals surface area (Å²) in [6.45, 7) is 1.49. The van der Waals surface area contributed by atoms with Gasteiger partial charge in [-0.15, -0.1) is 0 Å². The van der Waals surface area contributed by atoms with Crippen LogP contribution in [-0.4, -0.2) is 31.5 Å². The molecule has 0 aliphatic carbocycles. The third-order valence-corrected chi connectivity index (χ3v) is 3.60. The van der Waals surface area contributed by atoms with Gasteiger partial charge in [-0.25, -0.2) is 0 Å². The highest BCUT2D eigenvalue weighted by molar-refractivity contribution is 5.95. The van der Waals surface area contributed by atoms with Crippen LogP contribution in [0.1, 0.15) is 18.4 Å². The van der Waals surface area contributed by atoms with E-state index >= 15 is 0 Å². The number of para-hydroxylation sites is 2. The Labute approximate surface area is 157 Å². The Morgan fingerprint density at radius 1 is 0.926 bits per heavy atom. The average molecular weight is 370 g/mol. The van der Waals surface area contributed by atoms with Crippen LogP contribution in [0, 0.1) is 6.92 Å². The number of hydrogen-bond acceptors (Lipinski definition) is 5. The van der Waals surface area contributed by atoms with Crippen LogP contribution in [0.5, 0.6) is 5.75 Å². The number of esters is 1. The first kappa shape index (κ1) is 20.0. The van der Waals surface area contributed by atoms with E-state index in [-0.39, 0.29) is 18.7 Å². The van der Waals surface area contributed by atoms with Gasteiger partial charge < -0.3 is 20.1 Å². The number of aryl methyl sites for hydroxylation is 1. The summed E-state index contributed by atoms with van der Waals surface area (Å²) in [7, 11) is 1.49. The van der Waals surface area contributed by atoms with Gasteiger partial charge >= 0.3 is 5.97 Å². The first-order valence-electron chi connectivity index (χ1n) is 8.43. The summed E-state index contributed by atoms with van der Waals surface area (Å²) < 4.78 is 10.0. The fourth-order valence-corrected chi connectivity index (χ4v) is 2.31. The Morgan fingerprint density at radius 2 is 1.70 bits per heavy atom. The molecule has 0 fully saturated rings. The number of carbonyl (C=O) groups excluding carboxylic acids is 3. The van der Waals surface area contributed by atoms with E-state index in [1.165, 1.54) is 7.11 Å². The molecule has 2 rings (SSSR count). The predicted octanol–water partition coefficient (Wildman–Crippen LogP) is 2.90. The number of methoxy groups -OCH3 is 1. The van der Waals surface area contributed by atoms with E-state index in [1.54, 1.807) is 30.3 Å². The lowest BCUT2D eigenvalue weighted by atomic mass is 10.2. The number of anilines is 2. The van der Waals surface area contributed by atoms with Gasteiger partial charge in [-0.05, 0) is 36.8 Å². The Kier molecular flexibility index (Phi) is 7.37. The number of nitrogens with one attached hydrogen (secondary N) is 2. The lowest BCUT2D eigenvalue weighted by molar-refractivity contribution is -0.147. The van der Waals surface area contributed by atoms with Gasteiger partial charge in [0.15, 0.2) is 6.61 Å². The van der Waals surface area contributed by atoms with Crippen molar-refractivity contribution < 1.29 is 23.9 Å². The molecule has 0 bridgehead atoms. The summed E-state index contributed by atoms with van der Waals surface area (Å²) in [5.74, 6) is -0.900. The Hall–Kier alpha value is -3.35. The average Bonchev–Trinajstić information content (AvgIpc) is 2.65. The molecule has 7 heteroatoms.